The number of rotatable bonds is 6. The summed E-state index contributed by atoms with van der Waals surface area (Å²) in [7, 11) is 3.82. The van der Waals surface area contributed by atoms with Gasteiger partial charge in [0.05, 0.1) is 42.6 Å². The van der Waals surface area contributed by atoms with Crippen LogP contribution in [0.3, 0.4) is 0 Å². The van der Waals surface area contributed by atoms with Gasteiger partial charge in [0.2, 0.25) is 0 Å². The molecule has 37 heavy (non-hydrogen) atoms. The van der Waals surface area contributed by atoms with Crippen molar-refractivity contribution >= 4 is 27.8 Å². The predicted molar refractivity (Wildman–Crippen MR) is 143 cm³/mol. The van der Waals surface area contributed by atoms with E-state index in [1.54, 1.807) is 7.11 Å². The molecule has 1 amide bonds. The number of aryl methyl sites for hydroxylation is 1. The molecule has 1 saturated carbocycles. The average Bonchev–Trinajstić information content (AvgIpc) is 3.59. The summed E-state index contributed by atoms with van der Waals surface area (Å²) >= 11 is 0. The van der Waals surface area contributed by atoms with Crippen molar-refractivity contribution in [2.24, 2.45) is 13.0 Å². The van der Waals surface area contributed by atoms with E-state index < -0.39 is 0 Å². The SMILES string of the molecule is COc1cccc2cc(-c3nc4cc5c(cc4n3C)CCN(CC3COCCN3)C5=O)n(CC3CC3)c12. The van der Waals surface area contributed by atoms with Crippen LogP contribution >= 0.6 is 0 Å². The molecule has 1 N–H and O–H groups in total. The fraction of sp³-hybridized carbons (Fsp3) is 0.448. The molecule has 1 aliphatic carbocycles. The lowest BCUT2D eigenvalue weighted by Crippen LogP contribution is -2.51. The number of carbonyl (C=O) groups excluding carboxylic acids is 1. The number of carbonyl (C=O) groups is 1. The molecule has 0 bridgehead atoms. The lowest BCUT2D eigenvalue weighted by molar-refractivity contribution is 0.0512. The highest BCUT2D eigenvalue weighted by atomic mass is 16.5. The quantitative estimate of drug-likeness (QED) is 0.439. The molecule has 8 nitrogen and oxygen atoms in total. The van der Waals surface area contributed by atoms with Gasteiger partial charge >= 0.3 is 0 Å². The smallest absolute Gasteiger partial charge is 0.254 e. The highest BCUT2D eigenvalue weighted by molar-refractivity contribution is 6.01. The molecule has 7 rings (SSSR count). The second kappa shape index (κ2) is 8.89. The summed E-state index contributed by atoms with van der Waals surface area (Å²) < 4.78 is 15.9. The van der Waals surface area contributed by atoms with E-state index in [2.05, 4.69) is 39.7 Å². The van der Waals surface area contributed by atoms with Gasteiger partial charge in [0.25, 0.3) is 5.91 Å². The third-order valence-electron chi connectivity index (χ3n) is 8.18. The Morgan fingerprint density at radius 1 is 1.19 bits per heavy atom. The first-order valence-electron chi connectivity index (χ1n) is 13.4. The number of morpholine rings is 1. The summed E-state index contributed by atoms with van der Waals surface area (Å²) in [6, 6.07) is 12.8. The maximum absolute atomic E-state index is 13.5. The molecule has 2 fully saturated rings. The van der Waals surface area contributed by atoms with Crippen molar-refractivity contribution in [3.05, 3.63) is 47.5 Å². The number of aromatic nitrogens is 3. The predicted octanol–water partition coefficient (Wildman–Crippen LogP) is 3.60. The number of hydrogen-bond acceptors (Lipinski definition) is 5. The Balaban J connectivity index is 1.29. The first kappa shape index (κ1) is 22.8. The van der Waals surface area contributed by atoms with Gasteiger partial charge in [-0.25, -0.2) is 4.98 Å². The number of imidazole rings is 1. The Morgan fingerprint density at radius 2 is 2.08 bits per heavy atom. The van der Waals surface area contributed by atoms with Gasteiger partial charge in [-0.3, -0.25) is 4.79 Å². The summed E-state index contributed by atoms with van der Waals surface area (Å²) in [5.74, 6) is 2.61. The number of fused-ring (bicyclic) bond motifs is 3. The molecule has 2 aliphatic heterocycles. The maximum Gasteiger partial charge on any atom is 0.254 e. The van der Waals surface area contributed by atoms with E-state index in [0.717, 1.165) is 83.0 Å². The summed E-state index contributed by atoms with van der Waals surface area (Å²) in [6.07, 6.45) is 3.39. The van der Waals surface area contributed by atoms with Crippen LogP contribution in [0.2, 0.25) is 0 Å². The molecule has 3 aliphatic rings. The van der Waals surface area contributed by atoms with Crippen molar-refractivity contribution in [3.63, 3.8) is 0 Å². The van der Waals surface area contributed by atoms with Crippen LogP contribution in [0.5, 0.6) is 5.75 Å². The van der Waals surface area contributed by atoms with Crippen LogP contribution in [0.25, 0.3) is 33.5 Å². The second-order valence-electron chi connectivity index (χ2n) is 10.7. The summed E-state index contributed by atoms with van der Waals surface area (Å²) in [5.41, 5.74) is 6.04. The number of amides is 1. The summed E-state index contributed by atoms with van der Waals surface area (Å²) in [5, 5.41) is 4.63. The lowest BCUT2D eigenvalue weighted by Gasteiger charge is -2.33. The van der Waals surface area contributed by atoms with E-state index in [1.165, 1.54) is 12.8 Å². The van der Waals surface area contributed by atoms with Gasteiger partial charge in [-0.2, -0.15) is 0 Å². The largest absolute Gasteiger partial charge is 0.495 e. The van der Waals surface area contributed by atoms with E-state index >= 15 is 0 Å². The molecule has 1 unspecified atom stereocenters. The van der Waals surface area contributed by atoms with Crippen LogP contribution in [-0.4, -0.2) is 70.9 Å². The first-order chi connectivity index (χ1) is 18.1. The minimum atomic E-state index is 0.0929. The number of nitrogens with one attached hydrogen (secondary N) is 1. The van der Waals surface area contributed by atoms with Crippen molar-refractivity contribution in [2.45, 2.75) is 31.8 Å². The number of benzene rings is 2. The molecule has 4 aromatic rings. The molecular formula is C29H33N5O3. The second-order valence-corrected chi connectivity index (χ2v) is 10.7. The summed E-state index contributed by atoms with van der Waals surface area (Å²) in [4.78, 5) is 20.5. The van der Waals surface area contributed by atoms with Crippen molar-refractivity contribution in [1.29, 1.82) is 0 Å². The molecular weight excluding hydrogens is 466 g/mol. The number of para-hydroxylation sites is 1. The van der Waals surface area contributed by atoms with Gasteiger partial charge in [0.15, 0.2) is 5.82 Å². The number of hydrogen-bond donors (Lipinski definition) is 1. The van der Waals surface area contributed by atoms with Gasteiger partial charge in [0, 0.05) is 50.2 Å². The molecule has 192 valence electrons. The monoisotopic (exact) mass is 499 g/mol. The Labute approximate surface area is 216 Å². The lowest BCUT2D eigenvalue weighted by atomic mass is 9.97. The topological polar surface area (TPSA) is 73.6 Å². The zero-order chi connectivity index (χ0) is 25.1. The highest BCUT2D eigenvalue weighted by Crippen LogP contribution is 2.39. The normalized spacial score (nSPS) is 20.1. The van der Waals surface area contributed by atoms with Gasteiger partial charge in [-0.1, -0.05) is 12.1 Å². The molecule has 4 heterocycles. The third kappa shape index (κ3) is 3.90. The van der Waals surface area contributed by atoms with Crippen LogP contribution in [0.1, 0.15) is 28.8 Å². The Hall–Kier alpha value is -3.36. The molecule has 1 atom stereocenters. The standard InChI is InChI=1S/C29H33N5O3/c1-32-24-12-19-8-10-33(16-21-17-37-11-9-30-21)29(35)22(19)14-23(24)31-28(32)25-13-20-4-3-5-26(36-2)27(20)34(25)15-18-6-7-18/h3-5,12-14,18,21,30H,6-11,15-17H2,1-2H3. The number of nitrogens with zero attached hydrogens (tertiary/aromatic N) is 4. The van der Waals surface area contributed by atoms with Gasteiger partial charge < -0.3 is 28.8 Å². The van der Waals surface area contributed by atoms with E-state index in [9.17, 15) is 4.79 Å². The van der Waals surface area contributed by atoms with Gasteiger partial charge in [-0.15, -0.1) is 0 Å². The van der Waals surface area contributed by atoms with Crippen molar-refractivity contribution < 1.29 is 14.3 Å². The van der Waals surface area contributed by atoms with E-state index in [-0.39, 0.29) is 11.9 Å². The molecule has 2 aromatic carbocycles. The zero-order valence-corrected chi connectivity index (χ0v) is 21.5. The number of methoxy groups -OCH3 is 1. The van der Waals surface area contributed by atoms with E-state index in [1.807, 2.05) is 23.1 Å². The van der Waals surface area contributed by atoms with E-state index in [0.29, 0.717) is 19.1 Å². The molecule has 8 heteroatoms. The fourth-order valence-corrected chi connectivity index (χ4v) is 6.01. The van der Waals surface area contributed by atoms with Crippen LogP contribution in [0, 0.1) is 5.92 Å². The Bertz CT molecular complexity index is 1510. The van der Waals surface area contributed by atoms with Gasteiger partial charge in [-0.05, 0) is 55.0 Å². The van der Waals surface area contributed by atoms with Crippen LogP contribution in [-0.2, 0) is 24.8 Å². The third-order valence-corrected chi connectivity index (χ3v) is 8.18. The molecule has 1 saturated heterocycles. The number of ether oxygens (including phenoxy) is 2. The first-order valence-corrected chi connectivity index (χ1v) is 13.4. The molecule has 0 spiro atoms. The fourth-order valence-electron chi connectivity index (χ4n) is 6.01. The molecule has 0 radical (unpaired) electrons. The Morgan fingerprint density at radius 3 is 2.86 bits per heavy atom. The van der Waals surface area contributed by atoms with Crippen molar-refractivity contribution in [3.8, 4) is 17.3 Å². The van der Waals surface area contributed by atoms with Gasteiger partial charge in [0.1, 0.15) is 5.75 Å². The van der Waals surface area contributed by atoms with Crippen LogP contribution in [0.15, 0.2) is 36.4 Å². The van der Waals surface area contributed by atoms with E-state index in [4.69, 9.17) is 14.5 Å². The Kier molecular flexibility index (Phi) is 5.48. The maximum atomic E-state index is 13.5. The van der Waals surface area contributed by atoms with Crippen LogP contribution < -0.4 is 10.1 Å². The minimum Gasteiger partial charge on any atom is -0.495 e. The average molecular weight is 500 g/mol. The molecule has 2 aromatic heterocycles. The summed E-state index contributed by atoms with van der Waals surface area (Å²) in [6.45, 7) is 4.59. The minimum absolute atomic E-state index is 0.0929. The van der Waals surface area contributed by atoms with Crippen molar-refractivity contribution in [1.82, 2.24) is 24.3 Å². The van der Waals surface area contributed by atoms with Crippen molar-refractivity contribution in [2.75, 3.05) is 40.0 Å². The highest BCUT2D eigenvalue weighted by Gasteiger charge is 2.30. The van der Waals surface area contributed by atoms with Crippen LogP contribution in [0.4, 0.5) is 0 Å². The zero-order valence-electron chi connectivity index (χ0n) is 21.5.